The van der Waals surface area contributed by atoms with Crippen molar-refractivity contribution >= 4 is 29.9 Å². The van der Waals surface area contributed by atoms with Gasteiger partial charge in [-0.15, -0.1) is 11.6 Å². The number of aliphatic hydroxyl groups is 1. The fourth-order valence-electron chi connectivity index (χ4n) is 2.75. The SMILES string of the molecule is C=C(CC(C)NC(=O)CCl)/N=C\NCC1(O)CCN(C(=O)OC(C)(C)C)CC1. The van der Waals surface area contributed by atoms with Crippen molar-refractivity contribution in [3.63, 3.8) is 0 Å². The summed E-state index contributed by atoms with van der Waals surface area (Å²) in [6.45, 7) is 12.4. The Labute approximate surface area is 172 Å². The van der Waals surface area contributed by atoms with Crippen molar-refractivity contribution in [3.8, 4) is 0 Å². The lowest BCUT2D eigenvalue weighted by molar-refractivity contribution is -0.119. The Hall–Kier alpha value is -1.80. The normalized spacial score (nSPS) is 17.9. The first-order valence-corrected chi connectivity index (χ1v) is 9.97. The average molecular weight is 417 g/mol. The van der Waals surface area contributed by atoms with Gasteiger partial charge in [-0.05, 0) is 40.5 Å². The van der Waals surface area contributed by atoms with Gasteiger partial charge < -0.3 is 25.4 Å². The van der Waals surface area contributed by atoms with Crippen LogP contribution in [-0.4, -0.2) is 71.1 Å². The minimum absolute atomic E-state index is 0.0778. The van der Waals surface area contributed by atoms with Gasteiger partial charge in [-0.1, -0.05) is 6.58 Å². The summed E-state index contributed by atoms with van der Waals surface area (Å²) >= 11 is 5.45. The molecule has 0 radical (unpaired) electrons. The number of carbonyl (C=O) groups excluding carboxylic acids is 2. The van der Waals surface area contributed by atoms with Crippen LogP contribution < -0.4 is 10.6 Å². The van der Waals surface area contributed by atoms with E-state index in [2.05, 4.69) is 22.2 Å². The quantitative estimate of drug-likeness (QED) is 0.319. The number of carbonyl (C=O) groups is 2. The zero-order valence-electron chi connectivity index (χ0n) is 17.3. The summed E-state index contributed by atoms with van der Waals surface area (Å²) in [6.07, 6.45) is 2.55. The molecular weight excluding hydrogens is 384 g/mol. The molecule has 28 heavy (non-hydrogen) atoms. The van der Waals surface area contributed by atoms with Crippen molar-refractivity contribution in [2.45, 2.75) is 64.2 Å². The molecule has 1 aliphatic heterocycles. The molecule has 0 aromatic carbocycles. The summed E-state index contributed by atoms with van der Waals surface area (Å²) in [5.74, 6) is -0.310. The number of nitrogens with one attached hydrogen (secondary N) is 2. The highest BCUT2D eigenvalue weighted by Crippen LogP contribution is 2.23. The number of piperidine rings is 1. The molecule has 1 saturated heterocycles. The summed E-state index contributed by atoms with van der Waals surface area (Å²) in [7, 11) is 0. The van der Waals surface area contributed by atoms with Crippen molar-refractivity contribution in [1.29, 1.82) is 0 Å². The van der Waals surface area contributed by atoms with Crippen LogP contribution in [0.3, 0.4) is 0 Å². The highest BCUT2D eigenvalue weighted by Gasteiger charge is 2.35. The van der Waals surface area contributed by atoms with E-state index in [4.69, 9.17) is 16.3 Å². The standard InChI is InChI=1S/C19H33ClN4O4/c1-14(10-15(2)23-16(25)11-20)22-13-21-12-19(27)6-8-24(9-7-19)17(26)28-18(3,4)5/h13,15,27H,1,6-12H2,2-5H3,(H,21,22)(H,23,25). The lowest BCUT2D eigenvalue weighted by atomic mass is 9.91. The molecule has 1 rings (SSSR count). The average Bonchev–Trinajstić information content (AvgIpc) is 2.57. The molecule has 0 aromatic rings. The van der Waals surface area contributed by atoms with Gasteiger partial charge in [0.1, 0.15) is 11.5 Å². The van der Waals surface area contributed by atoms with E-state index in [0.29, 0.717) is 44.6 Å². The number of aliphatic imine (C=N–C) groups is 1. The molecule has 160 valence electrons. The van der Waals surface area contributed by atoms with E-state index in [-0.39, 0.29) is 23.9 Å². The highest BCUT2D eigenvalue weighted by atomic mass is 35.5. The zero-order valence-corrected chi connectivity index (χ0v) is 18.0. The number of hydrogen-bond donors (Lipinski definition) is 3. The molecule has 0 spiro atoms. The monoisotopic (exact) mass is 416 g/mol. The summed E-state index contributed by atoms with van der Waals surface area (Å²) in [6, 6.07) is -0.114. The molecule has 0 bridgehead atoms. The fraction of sp³-hybridized carbons (Fsp3) is 0.737. The van der Waals surface area contributed by atoms with Crippen LogP contribution in [-0.2, 0) is 9.53 Å². The van der Waals surface area contributed by atoms with Crippen LogP contribution in [0, 0.1) is 0 Å². The van der Waals surface area contributed by atoms with Crippen molar-refractivity contribution in [3.05, 3.63) is 12.3 Å². The second-order valence-corrected chi connectivity index (χ2v) is 8.47. The Kier molecular flexibility index (Phi) is 9.23. The van der Waals surface area contributed by atoms with Crippen molar-refractivity contribution in [1.82, 2.24) is 15.5 Å². The Morgan fingerprint density at radius 2 is 2.00 bits per heavy atom. The van der Waals surface area contributed by atoms with Crippen LogP contribution in [0.25, 0.3) is 0 Å². The second kappa shape index (κ2) is 10.7. The third-order valence-corrected chi connectivity index (χ3v) is 4.43. The third-order valence-electron chi connectivity index (χ3n) is 4.19. The Bertz CT molecular complexity index is 581. The number of alkyl halides is 1. The van der Waals surface area contributed by atoms with E-state index >= 15 is 0 Å². The van der Waals surface area contributed by atoms with Gasteiger partial charge >= 0.3 is 6.09 Å². The maximum absolute atomic E-state index is 12.1. The highest BCUT2D eigenvalue weighted by molar-refractivity contribution is 6.27. The third kappa shape index (κ3) is 9.41. The van der Waals surface area contributed by atoms with Crippen molar-refractivity contribution < 1.29 is 19.4 Å². The van der Waals surface area contributed by atoms with E-state index in [1.165, 1.54) is 6.34 Å². The van der Waals surface area contributed by atoms with Gasteiger partial charge in [0.2, 0.25) is 5.91 Å². The number of likely N-dealkylation sites (tertiary alicyclic amines) is 1. The number of ether oxygens (including phenoxy) is 1. The van der Waals surface area contributed by atoms with E-state index < -0.39 is 11.2 Å². The molecule has 1 atom stereocenters. The van der Waals surface area contributed by atoms with Crippen LogP contribution in [0.1, 0.15) is 47.0 Å². The molecule has 0 saturated carbocycles. The molecule has 0 aliphatic carbocycles. The summed E-state index contributed by atoms with van der Waals surface area (Å²) in [4.78, 5) is 29.1. The zero-order chi connectivity index (χ0) is 21.4. The number of amides is 2. The Morgan fingerprint density at radius 1 is 1.39 bits per heavy atom. The van der Waals surface area contributed by atoms with Crippen molar-refractivity contribution in [2.75, 3.05) is 25.5 Å². The van der Waals surface area contributed by atoms with E-state index in [1.807, 2.05) is 27.7 Å². The first-order chi connectivity index (χ1) is 12.9. The topological polar surface area (TPSA) is 103 Å². The Balaban J connectivity index is 2.33. The van der Waals surface area contributed by atoms with Crippen LogP contribution in [0.4, 0.5) is 4.79 Å². The van der Waals surface area contributed by atoms with Crippen LogP contribution >= 0.6 is 11.6 Å². The smallest absolute Gasteiger partial charge is 0.410 e. The first-order valence-electron chi connectivity index (χ1n) is 9.43. The Morgan fingerprint density at radius 3 is 2.54 bits per heavy atom. The van der Waals surface area contributed by atoms with Crippen LogP contribution in [0.2, 0.25) is 0 Å². The molecule has 2 amide bonds. The summed E-state index contributed by atoms with van der Waals surface area (Å²) in [5, 5.41) is 16.4. The molecule has 1 unspecified atom stereocenters. The fourth-order valence-corrected chi connectivity index (χ4v) is 2.83. The number of hydrogen-bond acceptors (Lipinski definition) is 5. The lowest BCUT2D eigenvalue weighted by Gasteiger charge is -2.38. The molecule has 3 N–H and O–H groups in total. The van der Waals surface area contributed by atoms with E-state index in [1.54, 1.807) is 4.90 Å². The molecule has 1 fully saturated rings. The molecule has 1 heterocycles. The second-order valence-electron chi connectivity index (χ2n) is 8.20. The number of rotatable bonds is 8. The van der Waals surface area contributed by atoms with E-state index in [9.17, 15) is 14.7 Å². The summed E-state index contributed by atoms with van der Waals surface area (Å²) in [5.41, 5.74) is -0.843. The predicted octanol–water partition coefficient (Wildman–Crippen LogP) is 2.01. The first kappa shape index (κ1) is 24.2. The lowest BCUT2D eigenvalue weighted by Crippen LogP contribution is -2.51. The predicted molar refractivity (Wildman–Crippen MR) is 111 cm³/mol. The van der Waals surface area contributed by atoms with Gasteiger partial charge in [-0.25, -0.2) is 9.79 Å². The molecule has 8 nitrogen and oxygen atoms in total. The molecule has 1 aliphatic rings. The minimum Gasteiger partial charge on any atom is -0.444 e. The van der Waals surface area contributed by atoms with Gasteiger partial charge in [0.05, 0.1) is 11.9 Å². The van der Waals surface area contributed by atoms with Gasteiger partial charge in [0, 0.05) is 37.8 Å². The summed E-state index contributed by atoms with van der Waals surface area (Å²) < 4.78 is 5.36. The minimum atomic E-state index is -0.909. The maximum atomic E-state index is 12.1. The molecule has 0 aromatic heterocycles. The number of nitrogens with zero attached hydrogens (tertiary/aromatic N) is 2. The van der Waals surface area contributed by atoms with Gasteiger partial charge in [0.25, 0.3) is 0 Å². The molecule has 9 heteroatoms. The van der Waals surface area contributed by atoms with Gasteiger partial charge in [-0.2, -0.15) is 0 Å². The number of halogens is 1. The maximum Gasteiger partial charge on any atom is 0.410 e. The molecular formula is C19H33ClN4O4. The largest absolute Gasteiger partial charge is 0.444 e. The van der Waals surface area contributed by atoms with Crippen LogP contribution in [0.15, 0.2) is 17.3 Å². The van der Waals surface area contributed by atoms with Crippen molar-refractivity contribution in [2.24, 2.45) is 4.99 Å². The van der Waals surface area contributed by atoms with Crippen LogP contribution in [0.5, 0.6) is 0 Å². The van der Waals surface area contributed by atoms with Gasteiger partial charge in [-0.3, -0.25) is 4.79 Å². The van der Waals surface area contributed by atoms with E-state index in [0.717, 1.165) is 0 Å². The van der Waals surface area contributed by atoms with Gasteiger partial charge in [0.15, 0.2) is 0 Å².